The van der Waals surface area contributed by atoms with Gasteiger partial charge in [0.05, 0.1) is 14.2 Å². The summed E-state index contributed by atoms with van der Waals surface area (Å²) in [4.78, 5) is 2.57. The summed E-state index contributed by atoms with van der Waals surface area (Å²) in [5.74, 6) is 1.84. The van der Waals surface area contributed by atoms with Crippen molar-refractivity contribution in [2.75, 3.05) is 33.9 Å². The topological polar surface area (TPSA) is 33.7 Å². The molecule has 1 aliphatic heterocycles. The molecule has 1 fully saturated rings. The van der Waals surface area contributed by atoms with E-state index >= 15 is 0 Å². The van der Waals surface area contributed by atoms with Crippen molar-refractivity contribution in [2.45, 2.75) is 38.8 Å². The van der Waals surface area contributed by atoms with Gasteiger partial charge < -0.3 is 14.8 Å². The van der Waals surface area contributed by atoms with Crippen molar-refractivity contribution in [1.29, 1.82) is 0 Å². The van der Waals surface area contributed by atoms with Crippen LogP contribution < -0.4 is 14.8 Å². The Hall–Kier alpha value is -1.26. The van der Waals surface area contributed by atoms with Gasteiger partial charge in [-0.15, -0.1) is 0 Å². The Labute approximate surface area is 128 Å². The van der Waals surface area contributed by atoms with Crippen molar-refractivity contribution < 1.29 is 9.47 Å². The van der Waals surface area contributed by atoms with Crippen molar-refractivity contribution in [2.24, 2.45) is 0 Å². The summed E-state index contributed by atoms with van der Waals surface area (Å²) in [5, 5.41) is 3.51. The maximum absolute atomic E-state index is 5.51. The Morgan fingerprint density at radius 3 is 2.76 bits per heavy atom. The van der Waals surface area contributed by atoms with Gasteiger partial charge >= 0.3 is 0 Å². The summed E-state index contributed by atoms with van der Waals surface area (Å²) in [7, 11) is 3.44. The van der Waals surface area contributed by atoms with Gasteiger partial charge in [0.1, 0.15) is 11.5 Å². The van der Waals surface area contributed by atoms with Crippen LogP contribution in [0.2, 0.25) is 0 Å². The highest BCUT2D eigenvalue weighted by molar-refractivity contribution is 5.40. The average molecular weight is 292 g/mol. The number of hydrogen-bond acceptors (Lipinski definition) is 4. The number of ether oxygens (including phenoxy) is 2. The lowest BCUT2D eigenvalue weighted by Gasteiger charge is -2.35. The molecule has 0 amide bonds. The zero-order chi connectivity index (χ0) is 15.1. The molecule has 0 aliphatic carbocycles. The van der Waals surface area contributed by atoms with E-state index in [1.807, 2.05) is 12.1 Å². The molecule has 0 bridgehead atoms. The van der Waals surface area contributed by atoms with Crippen LogP contribution in [-0.4, -0.2) is 44.8 Å². The number of rotatable bonds is 7. The summed E-state index contributed by atoms with van der Waals surface area (Å²) in [6, 6.07) is 6.67. The summed E-state index contributed by atoms with van der Waals surface area (Å²) < 4.78 is 10.9. The molecule has 1 aromatic carbocycles. The van der Waals surface area contributed by atoms with E-state index in [1.165, 1.54) is 24.8 Å². The number of piperidine rings is 1. The Morgan fingerprint density at radius 2 is 2.14 bits per heavy atom. The fraction of sp³-hybridized carbons (Fsp3) is 0.647. The lowest BCUT2D eigenvalue weighted by atomic mass is 10.0. The van der Waals surface area contributed by atoms with Crippen LogP contribution in [-0.2, 0) is 6.54 Å². The largest absolute Gasteiger partial charge is 0.497 e. The first kappa shape index (κ1) is 16.1. The molecular formula is C17H28N2O2. The molecule has 1 aromatic rings. The Morgan fingerprint density at radius 1 is 1.29 bits per heavy atom. The molecule has 4 heteroatoms. The molecule has 1 atom stereocenters. The molecule has 1 aliphatic rings. The third-order valence-corrected chi connectivity index (χ3v) is 4.16. The predicted molar refractivity (Wildman–Crippen MR) is 86.1 cm³/mol. The van der Waals surface area contributed by atoms with Crippen LogP contribution in [0.5, 0.6) is 11.5 Å². The molecule has 1 heterocycles. The normalized spacial score (nSPS) is 18.8. The number of hydrogen-bond donors (Lipinski definition) is 1. The zero-order valence-electron chi connectivity index (χ0n) is 13.5. The number of nitrogens with zero attached hydrogens (tertiary/aromatic N) is 1. The molecular weight excluding hydrogens is 264 g/mol. The highest BCUT2D eigenvalue weighted by Crippen LogP contribution is 2.26. The molecule has 118 valence electrons. The smallest absolute Gasteiger partial charge is 0.123 e. The molecule has 21 heavy (non-hydrogen) atoms. The molecule has 1 saturated heterocycles. The fourth-order valence-corrected chi connectivity index (χ4v) is 3.05. The van der Waals surface area contributed by atoms with Gasteiger partial charge in [0.25, 0.3) is 0 Å². The Bertz CT molecular complexity index is 431. The van der Waals surface area contributed by atoms with Crippen LogP contribution in [0.25, 0.3) is 0 Å². The maximum Gasteiger partial charge on any atom is 0.123 e. The van der Waals surface area contributed by atoms with Crippen LogP contribution in [0.1, 0.15) is 31.7 Å². The minimum absolute atomic E-state index is 0.620. The third-order valence-electron chi connectivity index (χ3n) is 4.16. The van der Waals surface area contributed by atoms with Crippen molar-refractivity contribution >= 4 is 0 Å². The molecule has 0 saturated carbocycles. The monoisotopic (exact) mass is 292 g/mol. The van der Waals surface area contributed by atoms with E-state index in [0.29, 0.717) is 6.04 Å². The zero-order valence-corrected chi connectivity index (χ0v) is 13.5. The highest BCUT2D eigenvalue weighted by Gasteiger charge is 2.21. The van der Waals surface area contributed by atoms with Crippen molar-refractivity contribution in [1.82, 2.24) is 10.2 Å². The van der Waals surface area contributed by atoms with Gasteiger partial charge in [0.2, 0.25) is 0 Å². The molecule has 0 spiro atoms. The molecule has 4 nitrogen and oxygen atoms in total. The Kier molecular flexibility index (Phi) is 6.33. The molecule has 0 aromatic heterocycles. The van der Waals surface area contributed by atoms with Crippen LogP contribution in [0.15, 0.2) is 18.2 Å². The quantitative estimate of drug-likeness (QED) is 0.838. The van der Waals surface area contributed by atoms with Crippen LogP contribution in [0.3, 0.4) is 0 Å². The second-order valence-electron chi connectivity index (χ2n) is 5.65. The summed E-state index contributed by atoms with van der Waals surface area (Å²) in [5.41, 5.74) is 1.20. The van der Waals surface area contributed by atoms with Gasteiger partial charge in [0.15, 0.2) is 0 Å². The van der Waals surface area contributed by atoms with Crippen molar-refractivity contribution in [3.05, 3.63) is 23.8 Å². The lowest BCUT2D eigenvalue weighted by molar-refractivity contribution is 0.156. The van der Waals surface area contributed by atoms with Gasteiger partial charge in [-0.2, -0.15) is 0 Å². The second-order valence-corrected chi connectivity index (χ2v) is 5.65. The Balaban J connectivity index is 2.14. The van der Waals surface area contributed by atoms with E-state index < -0.39 is 0 Å². The first-order chi connectivity index (χ1) is 10.3. The number of methoxy groups -OCH3 is 2. The van der Waals surface area contributed by atoms with Gasteiger partial charge in [-0.05, 0) is 50.6 Å². The van der Waals surface area contributed by atoms with E-state index in [1.54, 1.807) is 14.2 Å². The van der Waals surface area contributed by atoms with Gasteiger partial charge in [0, 0.05) is 24.7 Å². The van der Waals surface area contributed by atoms with Crippen LogP contribution >= 0.6 is 0 Å². The van der Waals surface area contributed by atoms with E-state index in [0.717, 1.165) is 37.7 Å². The standard InChI is InChI=1S/C17H28N2O2/c1-4-10-19(15-6-5-9-18-12-15)13-14-11-16(20-2)7-8-17(14)21-3/h7-8,11,15,18H,4-6,9-10,12-13H2,1-3H3. The highest BCUT2D eigenvalue weighted by atomic mass is 16.5. The molecule has 1 unspecified atom stereocenters. The first-order valence-electron chi connectivity index (χ1n) is 7.94. The molecule has 0 radical (unpaired) electrons. The number of nitrogens with one attached hydrogen (secondary N) is 1. The van der Waals surface area contributed by atoms with Gasteiger partial charge in [-0.25, -0.2) is 0 Å². The summed E-state index contributed by atoms with van der Waals surface area (Å²) in [6.45, 7) is 6.52. The maximum atomic E-state index is 5.51. The second kappa shape index (κ2) is 8.25. The van der Waals surface area contributed by atoms with Gasteiger partial charge in [-0.1, -0.05) is 6.92 Å². The SMILES string of the molecule is CCCN(Cc1cc(OC)ccc1OC)C1CCCNC1. The van der Waals surface area contributed by atoms with E-state index in [4.69, 9.17) is 9.47 Å². The summed E-state index contributed by atoms with van der Waals surface area (Å²) >= 11 is 0. The van der Waals surface area contributed by atoms with E-state index in [9.17, 15) is 0 Å². The van der Waals surface area contributed by atoms with Crippen molar-refractivity contribution in [3.63, 3.8) is 0 Å². The molecule has 1 N–H and O–H groups in total. The average Bonchev–Trinajstić information content (AvgIpc) is 2.55. The first-order valence-corrected chi connectivity index (χ1v) is 7.94. The van der Waals surface area contributed by atoms with Crippen LogP contribution in [0, 0.1) is 0 Å². The lowest BCUT2D eigenvalue weighted by Crippen LogP contribution is -2.45. The van der Waals surface area contributed by atoms with E-state index in [2.05, 4.69) is 23.2 Å². The minimum Gasteiger partial charge on any atom is -0.497 e. The predicted octanol–water partition coefficient (Wildman–Crippen LogP) is 2.67. The summed E-state index contributed by atoms with van der Waals surface area (Å²) in [6.07, 6.45) is 3.71. The third kappa shape index (κ3) is 4.35. The molecule has 2 rings (SSSR count). The van der Waals surface area contributed by atoms with Gasteiger partial charge in [-0.3, -0.25) is 4.90 Å². The van der Waals surface area contributed by atoms with Crippen LogP contribution in [0.4, 0.5) is 0 Å². The number of benzene rings is 1. The van der Waals surface area contributed by atoms with E-state index in [-0.39, 0.29) is 0 Å². The van der Waals surface area contributed by atoms with Crippen molar-refractivity contribution in [3.8, 4) is 11.5 Å². The fourth-order valence-electron chi connectivity index (χ4n) is 3.05. The minimum atomic E-state index is 0.620.